The van der Waals surface area contributed by atoms with Crippen molar-refractivity contribution in [3.05, 3.63) is 35.9 Å². The number of benzene rings is 1. The first-order valence-electron chi connectivity index (χ1n) is 5.77. The van der Waals surface area contributed by atoms with Crippen molar-refractivity contribution in [1.82, 2.24) is 5.32 Å². The second-order valence-electron chi connectivity index (χ2n) is 3.91. The van der Waals surface area contributed by atoms with E-state index in [1.807, 2.05) is 30.3 Å². The summed E-state index contributed by atoms with van der Waals surface area (Å²) < 4.78 is 4.42. The molecule has 1 atom stereocenters. The van der Waals surface area contributed by atoms with Gasteiger partial charge in [0.25, 0.3) is 0 Å². The molecule has 0 bridgehead atoms. The fraction of sp³-hybridized carbons (Fsp3) is 0.385. The Hall–Kier alpha value is -1.88. The molecular formula is C13H18N2O3. The summed E-state index contributed by atoms with van der Waals surface area (Å²) >= 11 is 0. The average Bonchev–Trinajstić information content (AvgIpc) is 2.42. The minimum Gasteiger partial charge on any atom is -0.468 e. The van der Waals surface area contributed by atoms with Crippen LogP contribution in [0.3, 0.4) is 0 Å². The molecule has 18 heavy (non-hydrogen) atoms. The molecule has 1 aromatic rings. The number of rotatable bonds is 6. The smallest absolute Gasteiger partial charge is 0.325 e. The van der Waals surface area contributed by atoms with Crippen molar-refractivity contribution in [1.29, 1.82) is 0 Å². The number of carbonyl (C=O) groups is 2. The lowest BCUT2D eigenvalue weighted by Crippen LogP contribution is -2.30. The first kappa shape index (κ1) is 14.2. The molecule has 0 aliphatic carbocycles. The molecule has 0 spiro atoms. The van der Waals surface area contributed by atoms with Crippen LogP contribution in [0.5, 0.6) is 0 Å². The number of amides is 1. The van der Waals surface area contributed by atoms with Crippen LogP contribution in [0.25, 0.3) is 0 Å². The summed E-state index contributed by atoms with van der Waals surface area (Å²) in [5.41, 5.74) is 6.95. The van der Waals surface area contributed by atoms with Crippen LogP contribution in [0.1, 0.15) is 24.4 Å². The summed E-state index contributed by atoms with van der Waals surface area (Å²) in [6.07, 6.45) is 0.823. The minimum atomic E-state index is -0.462. The zero-order valence-corrected chi connectivity index (χ0v) is 10.4. The lowest BCUT2D eigenvalue weighted by Gasteiger charge is -2.11. The Morgan fingerprint density at radius 2 is 2.00 bits per heavy atom. The number of esters is 1. The third kappa shape index (κ3) is 4.97. The third-order valence-corrected chi connectivity index (χ3v) is 2.57. The predicted molar refractivity (Wildman–Crippen MR) is 67.6 cm³/mol. The van der Waals surface area contributed by atoms with E-state index in [0.29, 0.717) is 6.42 Å². The highest BCUT2D eigenvalue weighted by atomic mass is 16.5. The molecule has 5 heteroatoms. The fourth-order valence-electron chi connectivity index (χ4n) is 1.48. The van der Waals surface area contributed by atoms with E-state index in [2.05, 4.69) is 10.1 Å². The summed E-state index contributed by atoms with van der Waals surface area (Å²) in [5, 5.41) is 2.47. The zero-order chi connectivity index (χ0) is 13.4. The molecule has 0 aromatic heterocycles. The molecule has 1 amide bonds. The van der Waals surface area contributed by atoms with Crippen LogP contribution in [-0.4, -0.2) is 25.5 Å². The molecule has 1 rings (SSSR count). The standard InChI is InChI=1S/C13H18N2O3/c1-18-13(17)9-15-12(16)8-7-11(14)10-5-3-2-4-6-10/h2-6,11H,7-9,14H2,1H3,(H,15,16). The van der Waals surface area contributed by atoms with Gasteiger partial charge >= 0.3 is 5.97 Å². The highest BCUT2D eigenvalue weighted by molar-refractivity contribution is 5.81. The van der Waals surface area contributed by atoms with E-state index in [1.54, 1.807) is 0 Å². The van der Waals surface area contributed by atoms with Gasteiger partial charge in [0.05, 0.1) is 7.11 Å². The Kier molecular flexibility index (Phi) is 5.87. The molecule has 5 nitrogen and oxygen atoms in total. The van der Waals surface area contributed by atoms with E-state index >= 15 is 0 Å². The van der Waals surface area contributed by atoms with Gasteiger partial charge in [-0.1, -0.05) is 30.3 Å². The highest BCUT2D eigenvalue weighted by Gasteiger charge is 2.09. The Balaban J connectivity index is 2.28. The van der Waals surface area contributed by atoms with Crippen LogP contribution in [0, 0.1) is 0 Å². The Bertz CT molecular complexity index is 392. The van der Waals surface area contributed by atoms with Crippen molar-refractivity contribution < 1.29 is 14.3 Å². The first-order chi connectivity index (χ1) is 8.63. The molecular weight excluding hydrogens is 232 g/mol. The van der Waals surface area contributed by atoms with E-state index < -0.39 is 5.97 Å². The molecule has 0 saturated heterocycles. The monoisotopic (exact) mass is 250 g/mol. The van der Waals surface area contributed by atoms with Crippen LogP contribution in [-0.2, 0) is 14.3 Å². The van der Waals surface area contributed by atoms with Gasteiger partial charge in [0.1, 0.15) is 6.54 Å². The normalized spacial score (nSPS) is 11.7. The van der Waals surface area contributed by atoms with Crippen molar-refractivity contribution in [3.8, 4) is 0 Å². The van der Waals surface area contributed by atoms with Gasteiger partial charge in [0, 0.05) is 12.5 Å². The van der Waals surface area contributed by atoms with E-state index in [9.17, 15) is 9.59 Å². The van der Waals surface area contributed by atoms with Gasteiger partial charge < -0.3 is 15.8 Å². The SMILES string of the molecule is COC(=O)CNC(=O)CCC(N)c1ccccc1. The molecule has 98 valence electrons. The molecule has 1 unspecified atom stereocenters. The number of hydrogen-bond donors (Lipinski definition) is 2. The quantitative estimate of drug-likeness (QED) is 0.730. The number of methoxy groups -OCH3 is 1. The summed E-state index contributed by atoms with van der Waals surface area (Å²) in [4.78, 5) is 22.2. The van der Waals surface area contributed by atoms with Gasteiger partial charge in [-0.3, -0.25) is 9.59 Å². The van der Waals surface area contributed by atoms with Crippen molar-refractivity contribution in [2.45, 2.75) is 18.9 Å². The van der Waals surface area contributed by atoms with E-state index in [4.69, 9.17) is 5.73 Å². The van der Waals surface area contributed by atoms with E-state index in [1.165, 1.54) is 7.11 Å². The van der Waals surface area contributed by atoms with Crippen LogP contribution >= 0.6 is 0 Å². The van der Waals surface area contributed by atoms with Gasteiger partial charge in [0.2, 0.25) is 5.91 Å². The third-order valence-electron chi connectivity index (χ3n) is 2.57. The van der Waals surface area contributed by atoms with Gasteiger partial charge in [-0.25, -0.2) is 0 Å². The van der Waals surface area contributed by atoms with Crippen LogP contribution in [0.4, 0.5) is 0 Å². The average molecular weight is 250 g/mol. The highest BCUT2D eigenvalue weighted by Crippen LogP contribution is 2.14. The molecule has 0 radical (unpaired) electrons. The topological polar surface area (TPSA) is 81.4 Å². The summed E-state index contributed by atoms with van der Waals surface area (Å²) in [6, 6.07) is 9.42. The van der Waals surface area contributed by atoms with Crippen LogP contribution in [0.2, 0.25) is 0 Å². The molecule has 1 aromatic carbocycles. The molecule has 0 aliphatic heterocycles. The zero-order valence-electron chi connectivity index (χ0n) is 10.4. The van der Waals surface area contributed by atoms with Crippen molar-refractivity contribution in [3.63, 3.8) is 0 Å². The number of hydrogen-bond acceptors (Lipinski definition) is 4. The fourth-order valence-corrected chi connectivity index (χ4v) is 1.48. The summed E-state index contributed by atoms with van der Waals surface area (Å²) in [6.45, 7) is -0.101. The summed E-state index contributed by atoms with van der Waals surface area (Å²) in [5.74, 6) is -0.664. The summed E-state index contributed by atoms with van der Waals surface area (Å²) in [7, 11) is 1.28. The number of nitrogens with one attached hydrogen (secondary N) is 1. The molecule has 0 saturated carbocycles. The Labute approximate surface area is 106 Å². The van der Waals surface area contributed by atoms with Crippen molar-refractivity contribution in [2.75, 3.05) is 13.7 Å². The number of nitrogens with two attached hydrogens (primary N) is 1. The lowest BCUT2D eigenvalue weighted by molar-refractivity contribution is -0.141. The van der Waals surface area contributed by atoms with Crippen LogP contribution < -0.4 is 11.1 Å². The molecule has 0 fully saturated rings. The van der Waals surface area contributed by atoms with Crippen molar-refractivity contribution >= 4 is 11.9 Å². The van der Waals surface area contributed by atoms with E-state index in [-0.39, 0.29) is 24.9 Å². The second kappa shape index (κ2) is 7.45. The maximum Gasteiger partial charge on any atom is 0.325 e. The number of carbonyl (C=O) groups excluding carboxylic acids is 2. The first-order valence-corrected chi connectivity index (χ1v) is 5.77. The second-order valence-corrected chi connectivity index (χ2v) is 3.91. The Morgan fingerprint density at radius 3 is 2.61 bits per heavy atom. The van der Waals surface area contributed by atoms with Crippen molar-refractivity contribution in [2.24, 2.45) is 5.73 Å². The molecule has 0 heterocycles. The Morgan fingerprint density at radius 1 is 1.33 bits per heavy atom. The number of ether oxygens (including phenoxy) is 1. The maximum absolute atomic E-state index is 11.4. The molecule has 3 N–H and O–H groups in total. The van der Waals surface area contributed by atoms with Gasteiger partial charge in [-0.2, -0.15) is 0 Å². The van der Waals surface area contributed by atoms with Gasteiger partial charge in [-0.05, 0) is 12.0 Å². The van der Waals surface area contributed by atoms with Gasteiger partial charge in [-0.15, -0.1) is 0 Å². The van der Waals surface area contributed by atoms with Crippen LogP contribution in [0.15, 0.2) is 30.3 Å². The maximum atomic E-state index is 11.4. The lowest BCUT2D eigenvalue weighted by atomic mass is 10.0. The minimum absolute atomic E-state index is 0.101. The largest absolute Gasteiger partial charge is 0.468 e. The molecule has 0 aliphatic rings. The predicted octanol–water partition coefficient (Wildman–Crippen LogP) is 0.756. The van der Waals surface area contributed by atoms with E-state index in [0.717, 1.165) is 5.56 Å². The van der Waals surface area contributed by atoms with Gasteiger partial charge in [0.15, 0.2) is 0 Å².